The van der Waals surface area contributed by atoms with Crippen molar-refractivity contribution in [3.05, 3.63) is 12.7 Å². The Morgan fingerprint density at radius 1 is 1.60 bits per heavy atom. The molecule has 0 unspecified atom stereocenters. The van der Waals surface area contributed by atoms with Gasteiger partial charge in [-0.05, 0) is 0 Å². The summed E-state index contributed by atoms with van der Waals surface area (Å²) in [4.78, 5) is 15.2. The van der Waals surface area contributed by atoms with E-state index in [1.165, 1.54) is 12.7 Å². The van der Waals surface area contributed by atoms with Crippen molar-refractivity contribution in [2.24, 2.45) is 0 Å². The SMILES string of the molecule is CCC(=O)On1cnnc1. The van der Waals surface area contributed by atoms with Gasteiger partial charge in [-0.2, -0.15) is 0 Å². The molecule has 0 aromatic carbocycles. The molecule has 0 aliphatic rings. The minimum Gasteiger partial charge on any atom is -0.334 e. The van der Waals surface area contributed by atoms with Gasteiger partial charge in [0.25, 0.3) is 0 Å². The summed E-state index contributed by atoms with van der Waals surface area (Å²) >= 11 is 0. The Morgan fingerprint density at radius 3 is 2.70 bits per heavy atom. The van der Waals surface area contributed by atoms with Crippen LogP contribution >= 0.6 is 0 Å². The van der Waals surface area contributed by atoms with E-state index in [0.717, 1.165) is 4.73 Å². The first-order valence-electron chi connectivity index (χ1n) is 2.88. The van der Waals surface area contributed by atoms with Crippen molar-refractivity contribution in [3.63, 3.8) is 0 Å². The number of carbonyl (C=O) groups excluding carboxylic acids is 1. The monoisotopic (exact) mass is 141 g/mol. The fourth-order valence-corrected chi connectivity index (χ4v) is 0.420. The van der Waals surface area contributed by atoms with E-state index in [1.54, 1.807) is 6.92 Å². The fraction of sp³-hybridized carbons (Fsp3) is 0.400. The molecular formula is C5H7N3O2. The van der Waals surface area contributed by atoms with E-state index in [4.69, 9.17) is 0 Å². The standard InChI is InChI=1S/C5H7N3O2/c1-2-5(9)10-8-3-6-7-4-8/h3-4H,2H2,1H3. The van der Waals surface area contributed by atoms with Crippen LogP contribution in [0.4, 0.5) is 0 Å². The first-order chi connectivity index (χ1) is 4.83. The molecule has 0 saturated heterocycles. The molecule has 54 valence electrons. The minimum atomic E-state index is -0.306. The number of aromatic nitrogens is 3. The fourth-order valence-electron chi connectivity index (χ4n) is 0.420. The highest BCUT2D eigenvalue weighted by Crippen LogP contribution is 1.80. The van der Waals surface area contributed by atoms with Gasteiger partial charge in [0, 0.05) is 6.42 Å². The van der Waals surface area contributed by atoms with Crippen molar-refractivity contribution in [1.82, 2.24) is 14.9 Å². The van der Waals surface area contributed by atoms with Crippen LogP contribution in [0.2, 0.25) is 0 Å². The van der Waals surface area contributed by atoms with Crippen LogP contribution in [0.3, 0.4) is 0 Å². The van der Waals surface area contributed by atoms with Crippen molar-refractivity contribution in [1.29, 1.82) is 0 Å². The molecule has 5 nitrogen and oxygen atoms in total. The quantitative estimate of drug-likeness (QED) is 0.564. The predicted octanol–water partition coefficient (Wildman–Crippen LogP) is -0.357. The molecule has 1 heterocycles. The van der Waals surface area contributed by atoms with Crippen LogP contribution < -0.4 is 4.84 Å². The third kappa shape index (κ3) is 1.54. The summed E-state index contributed by atoms with van der Waals surface area (Å²) in [7, 11) is 0. The first kappa shape index (κ1) is 6.73. The van der Waals surface area contributed by atoms with Crippen molar-refractivity contribution < 1.29 is 9.63 Å². The second-order valence-electron chi connectivity index (χ2n) is 1.64. The van der Waals surface area contributed by atoms with Gasteiger partial charge in [-0.1, -0.05) is 6.92 Å². The zero-order valence-corrected chi connectivity index (χ0v) is 5.52. The topological polar surface area (TPSA) is 57.0 Å². The molecular weight excluding hydrogens is 134 g/mol. The van der Waals surface area contributed by atoms with E-state index in [0.29, 0.717) is 6.42 Å². The molecule has 0 amide bonds. The number of hydrogen-bond donors (Lipinski definition) is 0. The Bertz CT molecular complexity index is 207. The van der Waals surface area contributed by atoms with E-state index in [9.17, 15) is 4.79 Å². The van der Waals surface area contributed by atoms with E-state index in [1.807, 2.05) is 0 Å². The Kier molecular flexibility index (Phi) is 1.99. The molecule has 1 rings (SSSR count). The Balaban J connectivity index is 2.48. The number of rotatable bonds is 2. The third-order valence-corrected chi connectivity index (χ3v) is 0.893. The molecule has 0 aliphatic carbocycles. The molecule has 10 heavy (non-hydrogen) atoms. The molecule has 0 bridgehead atoms. The smallest absolute Gasteiger partial charge is 0.332 e. The van der Waals surface area contributed by atoms with Crippen LogP contribution in [0.15, 0.2) is 12.7 Å². The number of carbonyl (C=O) groups is 1. The third-order valence-electron chi connectivity index (χ3n) is 0.893. The van der Waals surface area contributed by atoms with E-state index in [-0.39, 0.29) is 5.97 Å². The van der Waals surface area contributed by atoms with Crippen LogP contribution in [0.1, 0.15) is 13.3 Å². The van der Waals surface area contributed by atoms with E-state index in [2.05, 4.69) is 15.0 Å². The van der Waals surface area contributed by atoms with Gasteiger partial charge in [0.1, 0.15) is 0 Å². The molecule has 0 fully saturated rings. The van der Waals surface area contributed by atoms with Crippen LogP contribution in [-0.2, 0) is 4.79 Å². The maximum atomic E-state index is 10.6. The summed E-state index contributed by atoms with van der Waals surface area (Å²) < 4.78 is 1.16. The highest BCUT2D eigenvalue weighted by Gasteiger charge is 1.98. The highest BCUT2D eigenvalue weighted by molar-refractivity contribution is 5.69. The van der Waals surface area contributed by atoms with Crippen LogP contribution in [-0.4, -0.2) is 20.9 Å². The Hall–Kier alpha value is -1.39. The van der Waals surface area contributed by atoms with Gasteiger partial charge >= 0.3 is 5.97 Å². The van der Waals surface area contributed by atoms with Gasteiger partial charge in [0.2, 0.25) is 0 Å². The average Bonchev–Trinajstić information content (AvgIpc) is 2.40. The van der Waals surface area contributed by atoms with Crippen molar-refractivity contribution >= 4 is 5.97 Å². The van der Waals surface area contributed by atoms with Crippen LogP contribution in [0, 0.1) is 0 Å². The second-order valence-corrected chi connectivity index (χ2v) is 1.64. The zero-order chi connectivity index (χ0) is 7.40. The van der Waals surface area contributed by atoms with Gasteiger partial charge in [-0.15, -0.1) is 14.9 Å². The van der Waals surface area contributed by atoms with Crippen molar-refractivity contribution in [2.45, 2.75) is 13.3 Å². The Labute approximate surface area is 57.6 Å². The average molecular weight is 141 g/mol. The van der Waals surface area contributed by atoms with Gasteiger partial charge < -0.3 is 4.84 Å². The summed E-state index contributed by atoms with van der Waals surface area (Å²) in [6.07, 6.45) is 2.97. The molecule has 0 aliphatic heterocycles. The summed E-state index contributed by atoms with van der Waals surface area (Å²) in [6, 6.07) is 0. The predicted molar refractivity (Wildman–Crippen MR) is 31.9 cm³/mol. The molecule has 0 atom stereocenters. The molecule has 0 N–H and O–H groups in total. The number of hydrogen-bond acceptors (Lipinski definition) is 4. The van der Waals surface area contributed by atoms with Crippen molar-refractivity contribution in [3.8, 4) is 0 Å². The maximum absolute atomic E-state index is 10.6. The lowest BCUT2D eigenvalue weighted by atomic mass is 10.5. The number of nitrogens with zero attached hydrogens (tertiary/aromatic N) is 3. The summed E-state index contributed by atoms with van der Waals surface area (Å²) in [5.41, 5.74) is 0. The van der Waals surface area contributed by atoms with Crippen LogP contribution in [0.25, 0.3) is 0 Å². The zero-order valence-electron chi connectivity index (χ0n) is 5.52. The molecule has 5 heteroatoms. The Morgan fingerprint density at radius 2 is 2.20 bits per heavy atom. The van der Waals surface area contributed by atoms with Gasteiger partial charge in [0.05, 0.1) is 0 Å². The minimum absolute atomic E-state index is 0.306. The summed E-state index contributed by atoms with van der Waals surface area (Å²) in [6.45, 7) is 1.71. The van der Waals surface area contributed by atoms with Crippen molar-refractivity contribution in [2.75, 3.05) is 0 Å². The van der Waals surface area contributed by atoms with Gasteiger partial charge in [0.15, 0.2) is 12.7 Å². The van der Waals surface area contributed by atoms with Gasteiger partial charge in [-0.25, -0.2) is 4.79 Å². The molecule has 0 radical (unpaired) electrons. The molecule has 1 aromatic heterocycles. The largest absolute Gasteiger partial charge is 0.334 e. The normalized spacial score (nSPS) is 9.30. The molecule has 0 saturated carbocycles. The van der Waals surface area contributed by atoms with E-state index >= 15 is 0 Å². The summed E-state index contributed by atoms with van der Waals surface area (Å²) in [5.74, 6) is -0.306. The summed E-state index contributed by atoms with van der Waals surface area (Å²) in [5, 5.41) is 6.89. The van der Waals surface area contributed by atoms with E-state index < -0.39 is 0 Å². The lowest BCUT2D eigenvalue weighted by Gasteiger charge is -1.97. The van der Waals surface area contributed by atoms with Gasteiger partial charge in [-0.3, -0.25) is 0 Å². The highest BCUT2D eigenvalue weighted by atomic mass is 16.7. The lowest BCUT2D eigenvalue weighted by Crippen LogP contribution is -2.16. The maximum Gasteiger partial charge on any atom is 0.332 e. The lowest BCUT2D eigenvalue weighted by molar-refractivity contribution is -0.143. The van der Waals surface area contributed by atoms with Crippen LogP contribution in [0.5, 0.6) is 0 Å². The first-order valence-corrected chi connectivity index (χ1v) is 2.88. The molecule has 1 aromatic rings. The molecule has 0 spiro atoms. The second kappa shape index (κ2) is 2.95.